The molecule has 1 aromatic rings. The summed E-state index contributed by atoms with van der Waals surface area (Å²) in [6.07, 6.45) is 1.18. The summed E-state index contributed by atoms with van der Waals surface area (Å²) in [5.74, 6) is 0.692. The molecule has 1 heterocycles. The van der Waals surface area contributed by atoms with Crippen LogP contribution in [0.1, 0.15) is 39.7 Å². The lowest BCUT2D eigenvalue weighted by molar-refractivity contribution is 0.0539. The van der Waals surface area contributed by atoms with Gasteiger partial charge in [-0.3, -0.25) is 4.90 Å². The molecule has 1 fully saturated rings. The van der Waals surface area contributed by atoms with E-state index in [2.05, 4.69) is 68.2 Å². The summed E-state index contributed by atoms with van der Waals surface area (Å²) in [6, 6.07) is 11.5. The topological polar surface area (TPSA) is 15.3 Å². The van der Waals surface area contributed by atoms with Crippen molar-refractivity contribution in [3.63, 3.8) is 0 Å². The zero-order valence-corrected chi connectivity index (χ0v) is 12.8. The summed E-state index contributed by atoms with van der Waals surface area (Å²) in [7, 11) is 0. The molecule has 1 aliphatic rings. The highest BCUT2D eigenvalue weighted by Gasteiger charge is 2.35. The highest BCUT2D eigenvalue weighted by molar-refractivity contribution is 5.15. The van der Waals surface area contributed by atoms with Crippen molar-refractivity contribution in [2.24, 2.45) is 5.92 Å². The van der Waals surface area contributed by atoms with Crippen LogP contribution in [0.4, 0.5) is 0 Å². The number of rotatable bonds is 4. The van der Waals surface area contributed by atoms with Gasteiger partial charge >= 0.3 is 0 Å². The maximum Gasteiger partial charge on any atom is 0.0278 e. The number of hydrogen-bond donors (Lipinski definition) is 1. The summed E-state index contributed by atoms with van der Waals surface area (Å²) >= 11 is 0. The molecular weight excluding hydrogens is 232 g/mol. The molecule has 106 valence electrons. The van der Waals surface area contributed by atoms with Crippen molar-refractivity contribution < 1.29 is 0 Å². The number of nitrogens with one attached hydrogen (secondary N) is 1. The van der Waals surface area contributed by atoms with E-state index >= 15 is 0 Å². The molecular formula is C17H28N2. The maximum atomic E-state index is 3.75. The Balaban J connectivity index is 2.12. The maximum absolute atomic E-state index is 3.75. The molecule has 0 radical (unpaired) electrons. The van der Waals surface area contributed by atoms with Crippen molar-refractivity contribution in [2.45, 2.75) is 52.2 Å². The van der Waals surface area contributed by atoms with Crippen molar-refractivity contribution in [1.82, 2.24) is 10.2 Å². The first-order valence-electron chi connectivity index (χ1n) is 7.57. The zero-order chi connectivity index (χ0) is 13.9. The minimum atomic E-state index is 0.264. The lowest BCUT2D eigenvalue weighted by Crippen LogP contribution is -2.63. The van der Waals surface area contributed by atoms with Crippen LogP contribution in [-0.2, 0) is 6.54 Å². The first-order valence-corrected chi connectivity index (χ1v) is 7.57. The summed E-state index contributed by atoms with van der Waals surface area (Å²) in [5, 5.41) is 3.75. The number of nitrogens with zero attached hydrogens (tertiary/aromatic N) is 1. The van der Waals surface area contributed by atoms with Crippen LogP contribution in [0.2, 0.25) is 0 Å². The van der Waals surface area contributed by atoms with E-state index in [0.29, 0.717) is 12.0 Å². The molecule has 0 aliphatic carbocycles. The first-order chi connectivity index (χ1) is 9.04. The Hall–Kier alpha value is -0.860. The molecule has 0 aromatic heterocycles. The van der Waals surface area contributed by atoms with Crippen LogP contribution in [0.3, 0.4) is 0 Å². The minimum absolute atomic E-state index is 0.264. The molecule has 2 nitrogen and oxygen atoms in total. The zero-order valence-electron chi connectivity index (χ0n) is 12.8. The Kier molecular flexibility index (Phi) is 4.64. The van der Waals surface area contributed by atoms with Crippen LogP contribution in [0, 0.1) is 5.92 Å². The average Bonchev–Trinajstić information content (AvgIpc) is 2.40. The third-order valence-electron chi connectivity index (χ3n) is 4.54. The van der Waals surface area contributed by atoms with E-state index < -0.39 is 0 Å². The average molecular weight is 260 g/mol. The third-order valence-corrected chi connectivity index (χ3v) is 4.54. The molecule has 0 spiro atoms. The van der Waals surface area contributed by atoms with Gasteiger partial charge in [0.2, 0.25) is 0 Å². The van der Waals surface area contributed by atoms with E-state index in [0.717, 1.165) is 19.6 Å². The van der Waals surface area contributed by atoms with E-state index in [-0.39, 0.29) is 5.54 Å². The smallest absolute Gasteiger partial charge is 0.0278 e. The first kappa shape index (κ1) is 14.5. The second-order valence-corrected chi connectivity index (χ2v) is 6.50. The molecule has 1 aromatic carbocycles. The monoisotopic (exact) mass is 260 g/mol. The third kappa shape index (κ3) is 3.58. The molecule has 1 N–H and O–H groups in total. The van der Waals surface area contributed by atoms with Gasteiger partial charge in [-0.15, -0.1) is 0 Å². The predicted molar refractivity (Wildman–Crippen MR) is 82.2 cm³/mol. The standard InChI is InChI=1S/C17H28N2/c1-5-17(4)13-19(16(11-18-17)14(2)3)12-15-9-7-6-8-10-15/h6-10,14,16,18H,5,11-13H2,1-4H3. The van der Waals surface area contributed by atoms with Crippen LogP contribution in [0.15, 0.2) is 30.3 Å². The quantitative estimate of drug-likeness (QED) is 0.893. The van der Waals surface area contributed by atoms with Crippen molar-refractivity contribution in [2.75, 3.05) is 13.1 Å². The van der Waals surface area contributed by atoms with E-state index in [1.54, 1.807) is 0 Å². The Bertz CT molecular complexity index is 388. The molecule has 1 aliphatic heterocycles. The van der Waals surface area contributed by atoms with Crippen LogP contribution in [0.5, 0.6) is 0 Å². The van der Waals surface area contributed by atoms with E-state index in [1.807, 2.05) is 0 Å². The van der Waals surface area contributed by atoms with Crippen molar-refractivity contribution >= 4 is 0 Å². The summed E-state index contributed by atoms with van der Waals surface area (Å²) in [5.41, 5.74) is 1.69. The van der Waals surface area contributed by atoms with Gasteiger partial charge in [0.15, 0.2) is 0 Å². The van der Waals surface area contributed by atoms with Gasteiger partial charge in [0.25, 0.3) is 0 Å². The summed E-state index contributed by atoms with van der Waals surface area (Å²) in [6.45, 7) is 12.6. The Morgan fingerprint density at radius 3 is 2.58 bits per heavy atom. The van der Waals surface area contributed by atoms with Crippen LogP contribution in [-0.4, -0.2) is 29.6 Å². The lowest BCUT2D eigenvalue weighted by atomic mass is 9.89. The van der Waals surface area contributed by atoms with Crippen LogP contribution < -0.4 is 5.32 Å². The Morgan fingerprint density at radius 1 is 1.32 bits per heavy atom. The Morgan fingerprint density at radius 2 is 2.00 bits per heavy atom. The predicted octanol–water partition coefficient (Wildman–Crippen LogP) is 3.29. The molecule has 2 unspecified atom stereocenters. The van der Waals surface area contributed by atoms with Gasteiger partial charge in [-0.25, -0.2) is 0 Å². The molecule has 2 atom stereocenters. The normalized spacial score (nSPS) is 28.8. The molecule has 0 bridgehead atoms. The second-order valence-electron chi connectivity index (χ2n) is 6.50. The number of benzene rings is 1. The van der Waals surface area contributed by atoms with E-state index in [4.69, 9.17) is 0 Å². The highest BCUT2D eigenvalue weighted by Crippen LogP contribution is 2.24. The van der Waals surface area contributed by atoms with Crippen molar-refractivity contribution in [3.05, 3.63) is 35.9 Å². The van der Waals surface area contributed by atoms with Gasteiger partial charge in [-0.1, -0.05) is 51.1 Å². The fourth-order valence-electron chi connectivity index (χ4n) is 2.99. The van der Waals surface area contributed by atoms with Crippen molar-refractivity contribution in [1.29, 1.82) is 0 Å². The number of hydrogen-bond acceptors (Lipinski definition) is 2. The molecule has 19 heavy (non-hydrogen) atoms. The summed E-state index contributed by atoms with van der Waals surface area (Å²) in [4.78, 5) is 2.67. The lowest BCUT2D eigenvalue weighted by Gasteiger charge is -2.47. The molecule has 2 rings (SSSR count). The van der Waals surface area contributed by atoms with Gasteiger partial charge in [0.05, 0.1) is 0 Å². The second kappa shape index (κ2) is 6.06. The number of piperazine rings is 1. The molecule has 0 saturated carbocycles. The van der Waals surface area contributed by atoms with Crippen molar-refractivity contribution in [3.8, 4) is 0 Å². The fraction of sp³-hybridized carbons (Fsp3) is 0.647. The van der Waals surface area contributed by atoms with Crippen LogP contribution in [0.25, 0.3) is 0 Å². The highest BCUT2D eigenvalue weighted by atomic mass is 15.3. The van der Waals surface area contributed by atoms with Gasteiger partial charge in [-0.2, -0.15) is 0 Å². The largest absolute Gasteiger partial charge is 0.309 e. The fourth-order valence-corrected chi connectivity index (χ4v) is 2.99. The summed E-state index contributed by atoms with van der Waals surface area (Å²) < 4.78 is 0. The van der Waals surface area contributed by atoms with Gasteiger partial charge in [0.1, 0.15) is 0 Å². The van der Waals surface area contributed by atoms with Crippen LogP contribution >= 0.6 is 0 Å². The van der Waals surface area contributed by atoms with Gasteiger partial charge < -0.3 is 5.32 Å². The van der Waals surface area contributed by atoms with Gasteiger partial charge in [0, 0.05) is 31.2 Å². The molecule has 2 heteroatoms. The van der Waals surface area contributed by atoms with Gasteiger partial charge in [-0.05, 0) is 24.8 Å². The molecule has 0 amide bonds. The Labute approximate surface area is 118 Å². The van der Waals surface area contributed by atoms with E-state index in [9.17, 15) is 0 Å². The SMILES string of the molecule is CCC1(C)CN(Cc2ccccc2)C(C(C)C)CN1. The minimum Gasteiger partial charge on any atom is -0.309 e. The molecule has 1 saturated heterocycles. The van der Waals surface area contributed by atoms with E-state index in [1.165, 1.54) is 12.0 Å².